The third kappa shape index (κ3) is 2.35. The van der Waals surface area contributed by atoms with E-state index in [1.807, 2.05) is 13.0 Å². The van der Waals surface area contributed by atoms with E-state index in [1.165, 1.54) is 6.07 Å². The second kappa shape index (κ2) is 5.40. The zero-order valence-corrected chi connectivity index (χ0v) is 12.0. The summed E-state index contributed by atoms with van der Waals surface area (Å²) < 4.78 is 5.63. The Morgan fingerprint density at radius 2 is 2.14 bits per heavy atom. The Morgan fingerprint density at radius 1 is 1.32 bits per heavy atom. The standard InChI is InChI=1S/C16H15N3O3/c1-2-22-13-4-3-9(16(20)21)7-12(13)11-8-14(17)19-15-10(11)5-6-18-15/h3-8H,2H2,1H3,(H,20,21)(H3,17,18,19). The highest BCUT2D eigenvalue weighted by Gasteiger charge is 2.15. The topological polar surface area (TPSA) is 101 Å². The largest absolute Gasteiger partial charge is 0.493 e. The van der Waals surface area contributed by atoms with Gasteiger partial charge in [-0.25, -0.2) is 9.78 Å². The van der Waals surface area contributed by atoms with Gasteiger partial charge in [0.15, 0.2) is 0 Å². The van der Waals surface area contributed by atoms with Gasteiger partial charge in [-0.15, -0.1) is 0 Å². The Morgan fingerprint density at radius 3 is 2.86 bits per heavy atom. The van der Waals surface area contributed by atoms with Crippen LogP contribution in [0.2, 0.25) is 0 Å². The lowest BCUT2D eigenvalue weighted by molar-refractivity contribution is 0.0697. The summed E-state index contributed by atoms with van der Waals surface area (Å²) in [6.07, 6.45) is 1.77. The molecule has 0 saturated heterocycles. The lowest BCUT2D eigenvalue weighted by Gasteiger charge is -2.12. The molecule has 0 unspecified atom stereocenters. The van der Waals surface area contributed by atoms with Gasteiger partial charge in [0.1, 0.15) is 17.2 Å². The molecule has 6 heteroatoms. The summed E-state index contributed by atoms with van der Waals surface area (Å²) in [5.74, 6) is -0.0228. The highest BCUT2D eigenvalue weighted by molar-refractivity contribution is 5.98. The van der Waals surface area contributed by atoms with Gasteiger partial charge in [-0.3, -0.25) is 0 Å². The molecule has 3 aromatic rings. The molecule has 3 rings (SSSR count). The number of nitrogens with zero attached hydrogens (tertiary/aromatic N) is 1. The van der Waals surface area contributed by atoms with Crippen LogP contribution in [-0.4, -0.2) is 27.7 Å². The number of aromatic carboxylic acids is 1. The number of aromatic amines is 1. The van der Waals surface area contributed by atoms with Crippen LogP contribution in [0.4, 0.5) is 5.82 Å². The molecular formula is C16H15N3O3. The number of anilines is 1. The minimum Gasteiger partial charge on any atom is -0.493 e. The second-order valence-electron chi connectivity index (χ2n) is 4.78. The van der Waals surface area contributed by atoms with Crippen molar-refractivity contribution in [2.75, 3.05) is 12.3 Å². The number of carboxylic acid groups (broad SMARTS) is 1. The molecule has 6 nitrogen and oxygen atoms in total. The number of carbonyl (C=O) groups is 1. The van der Waals surface area contributed by atoms with Crippen molar-refractivity contribution in [3.63, 3.8) is 0 Å². The molecule has 0 atom stereocenters. The fourth-order valence-electron chi connectivity index (χ4n) is 2.44. The number of rotatable bonds is 4. The number of hydrogen-bond donors (Lipinski definition) is 3. The van der Waals surface area contributed by atoms with E-state index in [1.54, 1.807) is 24.4 Å². The molecule has 0 radical (unpaired) electrons. The van der Waals surface area contributed by atoms with Crippen LogP contribution in [0.15, 0.2) is 36.5 Å². The van der Waals surface area contributed by atoms with Crippen LogP contribution in [0.3, 0.4) is 0 Å². The Labute approximate surface area is 126 Å². The second-order valence-corrected chi connectivity index (χ2v) is 4.78. The molecule has 0 fully saturated rings. The third-order valence-corrected chi connectivity index (χ3v) is 3.36. The number of ether oxygens (including phenoxy) is 1. The van der Waals surface area contributed by atoms with E-state index < -0.39 is 5.97 Å². The number of nitrogens with two attached hydrogens (primary N) is 1. The minimum absolute atomic E-state index is 0.192. The summed E-state index contributed by atoms with van der Waals surface area (Å²) in [6.45, 7) is 2.36. The van der Waals surface area contributed by atoms with E-state index >= 15 is 0 Å². The van der Waals surface area contributed by atoms with E-state index in [2.05, 4.69) is 9.97 Å². The average molecular weight is 297 g/mol. The van der Waals surface area contributed by atoms with E-state index in [-0.39, 0.29) is 5.56 Å². The number of hydrogen-bond acceptors (Lipinski definition) is 4. The normalized spacial score (nSPS) is 10.8. The average Bonchev–Trinajstić information content (AvgIpc) is 2.95. The van der Waals surface area contributed by atoms with Gasteiger partial charge in [-0.05, 0) is 37.3 Å². The minimum atomic E-state index is -0.989. The van der Waals surface area contributed by atoms with Crippen LogP contribution < -0.4 is 10.5 Å². The molecule has 0 spiro atoms. The molecule has 2 heterocycles. The molecule has 0 aliphatic rings. The predicted molar refractivity (Wildman–Crippen MR) is 84.1 cm³/mol. The summed E-state index contributed by atoms with van der Waals surface area (Å²) in [5.41, 5.74) is 8.17. The zero-order valence-electron chi connectivity index (χ0n) is 12.0. The monoisotopic (exact) mass is 297 g/mol. The van der Waals surface area contributed by atoms with Gasteiger partial charge >= 0.3 is 5.97 Å². The number of fused-ring (bicyclic) bond motifs is 1. The molecule has 0 saturated carbocycles. The Balaban J connectivity index is 2.29. The summed E-state index contributed by atoms with van der Waals surface area (Å²) in [6, 6.07) is 8.38. The van der Waals surface area contributed by atoms with Gasteiger partial charge in [0.25, 0.3) is 0 Å². The first kappa shape index (κ1) is 13.9. The summed E-state index contributed by atoms with van der Waals surface area (Å²) in [7, 11) is 0. The number of benzene rings is 1. The summed E-state index contributed by atoms with van der Waals surface area (Å²) in [4.78, 5) is 18.5. The fourth-order valence-corrected chi connectivity index (χ4v) is 2.44. The zero-order chi connectivity index (χ0) is 15.7. The van der Waals surface area contributed by atoms with E-state index in [9.17, 15) is 9.90 Å². The summed E-state index contributed by atoms with van der Waals surface area (Å²) in [5, 5.41) is 10.1. The first-order valence-corrected chi connectivity index (χ1v) is 6.84. The molecular weight excluding hydrogens is 282 g/mol. The quantitative estimate of drug-likeness (QED) is 0.687. The first-order chi connectivity index (χ1) is 10.6. The molecule has 0 aliphatic carbocycles. The molecule has 112 valence electrons. The lowest BCUT2D eigenvalue weighted by atomic mass is 10.00. The van der Waals surface area contributed by atoms with Crippen molar-refractivity contribution in [3.8, 4) is 16.9 Å². The number of pyridine rings is 1. The van der Waals surface area contributed by atoms with Gasteiger partial charge in [-0.1, -0.05) is 0 Å². The Bertz CT molecular complexity index is 855. The van der Waals surface area contributed by atoms with Crippen LogP contribution in [0.25, 0.3) is 22.2 Å². The highest BCUT2D eigenvalue weighted by Crippen LogP contribution is 2.36. The van der Waals surface area contributed by atoms with Crippen LogP contribution in [0.5, 0.6) is 5.75 Å². The van der Waals surface area contributed by atoms with Gasteiger partial charge in [0, 0.05) is 22.7 Å². The molecule has 2 aromatic heterocycles. The molecule has 4 N–H and O–H groups in total. The van der Waals surface area contributed by atoms with E-state index in [0.717, 1.165) is 10.9 Å². The van der Waals surface area contributed by atoms with Crippen molar-refractivity contribution in [3.05, 3.63) is 42.1 Å². The van der Waals surface area contributed by atoms with Gasteiger partial charge < -0.3 is 20.6 Å². The number of nitrogen functional groups attached to an aromatic ring is 1. The van der Waals surface area contributed by atoms with Gasteiger partial charge in [0.05, 0.1) is 12.2 Å². The fraction of sp³-hybridized carbons (Fsp3) is 0.125. The van der Waals surface area contributed by atoms with Crippen LogP contribution in [-0.2, 0) is 0 Å². The number of carboxylic acids is 1. The maximum Gasteiger partial charge on any atom is 0.335 e. The van der Waals surface area contributed by atoms with Crippen molar-refractivity contribution < 1.29 is 14.6 Å². The third-order valence-electron chi connectivity index (χ3n) is 3.36. The lowest BCUT2D eigenvalue weighted by Crippen LogP contribution is -2.00. The van der Waals surface area contributed by atoms with Crippen molar-refractivity contribution in [1.82, 2.24) is 9.97 Å². The van der Waals surface area contributed by atoms with Crippen LogP contribution >= 0.6 is 0 Å². The van der Waals surface area contributed by atoms with Crippen molar-refractivity contribution in [1.29, 1.82) is 0 Å². The maximum absolute atomic E-state index is 11.3. The molecule has 0 bridgehead atoms. The van der Waals surface area contributed by atoms with Gasteiger partial charge in [0.2, 0.25) is 0 Å². The van der Waals surface area contributed by atoms with Crippen molar-refractivity contribution in [2.24, 2.45) is 0 Å². The smallest absolute Gasteiger partial charge is 0.335 e. The predicted octanol–water partition coefficient (Wildman–Crippen LogP) is 2.91. The Hall–Kier alpha value is -3.02. The molecule has 0 aliphatic heterocycles. The van der Waals surface area contributed by atoms with E-state index in [4.69, 9.17) is 10.5 Å². The summed E-state index contributed by atoms with van der Waals surface area (Å²) >= 11 is 0. The van der Waals surface area contributed by atoms with Crippen molar-refractivity contribution in [2.45, 2.75) is 6.92 Å². The number of H-pyrrole nitrogens is 1. The molecule has 22 heavy (non-hydrogen) atoms. The number of aromatic nitrogens is 2. The van der Waals surface area contributed by atoms with E-state index in [0.29, 0.717) is 29.4 Å². The van der Waals surface area contributed by atoms with Crippen LogP contribution in [0.1, 0.15) is 17.3 Å². The highest BCUT2D eigenvalue weighted by atomic mass is 16.5. The van der Waals surface area contributed by atoms with Crippen LogP contribution in [0, 0.1) is 0 Å². The van der Waals surface area contributed by atoms with Crippen molar-refractivity contribution >= 4 is 22.8 Å². The molecule has 0 amide bonds. The number of nitrogens with one attached hydrogen (secondary N) is 1. The Kier molecular flexibility index (Phi) is 3.42. The first-order valence-electron chi connectivity index (χ1n) is 6.84. The SMILES string of the molecule is CCOc1ccc(C(=O)O)cc1-c1cc(N)nc2[nH]ccc12. The van der Waals surface area contributed by atoms with Gasteiger partial charge in [-0.2, -0.15) is 0 Å². The molecule has 1 aromatic carbocycles. The maximum atomic E-state index is 11.3.